The fourth-order valence-electron chi connectivity index (χ4n) is 2.13. The Morgan fingerprint density at radius 2 is 2.14 bits per heavy atom. The first-order valence-corrected chi connectivity index (χ1v) is 8.20. The van der Waals surface area contributed by atoms with E-state index in [4.69, 9.17) is 5.11 Å². The topological polar surface area (TPSA) is 78.4 Å². The number of thiophene rings is 1. The van der Waals surface area contributed by atoms with Crippen LogP contribution in [0.3, 0.4) is 0 Å². The first-order chi connectivity index (χ1) is 10.0. The number of aliphatic carboxylic acids is 1. The third kappa shape index (κ3) is 7.13. The average Bonchev–Trinajstić information content (AvgIpc) is 2.96. The molecule has 2 unspecified atom stereocenters. The summed E-state index contributed by atoms with van der Waals surface area (Å²) >= 11 is 1.62. The molecule has 3 N–H and O–H groups in total. The number of carbonyl (C=O) groups is 2. The van der Waals surface area contributed by atoms with Crippen molar-refractivity contribution in [3.8, 4) is 0 Å². The standard InChI is InChI=1S/C15H24N2O3S/c1-3-12(6-7-14(18)19)8-9-16-15(20)17-11(2)13-5-4-10-21-13/h4-5,10-12H,3,6-9H2,1-2H3,(H,18,19)(H2,16,17,20). The minimum Gasteiger partial charge on any atom is -0.481 e. The van der Waals surface area contributed by atoms with E-state index in [0.717, 1.165) is 17.7 Å². The molecule has 0 fully saturated rings. The summed E-state index contributed by atoms with van der Waals surface area (Å²) in [6.45, 7) is 4.57. The first-order valence-electron chi connectivity index (χ1n) is 7.32. The zero-order valence-corrected chi connectivity index (χ0v) is 13.4. The Morgan fingerprint density at radius 1 is 1.38 bits per heavy atom. The summed E-state index contributed by atoms with van der Waals surface area (Å²) in [7, 11) is 0. The van der Waals surface area contributed by atoms with Crippen molar-refractivity contribution in [2.24, 2.45) is 5.92 Å². The third-order valence-corrected chi connectivity index (χ3v) is 4.55. The van der Waals surface area contributed by atoms with Gasteiger partial charge < -0.3 is 15.7 Å². The predicted octanol–water partition coefficient (Wildman–Crippen LogP) is 3.39. The van der Waals surface area contributed by atoms with Crippen LogP contribution in [0.4, 0.5) is 4.79 Å². The lowest BCUT2D eigenvalue weighted by molar-refractivity contribution is -0.137. The highest BCUT2D eigenvalue weighted by Gasteiger charge is 2.12. The van der Waals surface area contributed by atoms with Crippen LogP contribution in [0, 0.1) is 5.92 Å². The SMILES string of the molecule is CCC(CCNC(=O)NC(C)c1cccs1)CCC(=O)O. The van der Waals surface area contributed by atoms with Gasteiger partial charge in [-0.15, -0.1) is 11.3 Å². The quantitative estimate of drug-likeness (QED) is 0.654. The molecule has 0 saturated carbocycles. The Labute approximate surface area is 129 Å². The second kappa shape index (κ2) is 9.39. The van der Waals surface area contributed by atoms with E-state index in [0.29, 0.717) is 18.9 Å². The normalized spacial score (nSPS) is 13.4. The fourth-order valence-corrected chi connectivity index (χ4v) is 2.86. The molecule has 0 aliphatic heterocycles. The van der Waals surface area contributed by atoms with E-state index in [1.165, 1.54) is 0 Å². The van der Waals surface area contributed by atoms with Gasteiger partial charge in [-0.1, -0.05) is 19.4 Å². The maximum absolute atomic E-state index is 11.8. The maximum Gasteiger partial charge on any atom is 0.315 e. The van der Waals surface area contributed by atoms with Gasteiger partial charge in [0.05, 0.1) is 6.04 Å². The van der Waals surface area contributed by atoms with E-state index < -0.39 is 5.97 Å². The number of amides is 2. The molecule has 2 atom stereocenters. The van der Waals surface area contributed by atoms with Gasteiger partial charge in [-0.3, -0.25) is 4.79 Å². The van der Waals surface area contributed by atoms with E-state index in [1.807, 2.05) is 31.4 Å². The first kappa shape index (κ1) is 17.5. The van der Waals surface area contributed by atoms with Crippen LogP contribution in [0.2, 0.25) is 0 Å². The molecule has 0 radical (unpaired) electrons. The van der Waals surface area contributed by atoms with Crippen molar-refractivity contribution in [2.75, 3.05) is 6.54 Å². The molecule has 118 valence electrons. The molecule has 1 aromatic heterocycles. The molecule has 0 aliphatic rings. The monoisotopic (exact) mass is 312 g/mol. The van der Waals surface area contributed by atoms with Crippen LogP contribution >= 0.6 is 11.3 Å². The van der Waals surface area contributed by atoms with Crippen LogP contribution in [0.1, 0.15) is 50.4 Å². The van der Waals surface area contributed by atoms with Gasteiger partial charge in [0.2, 0.25) is 0 Å². The minimum atomic E-state index is -0.760. The van der Waals surface area contributed by atoms with Crippen LogP contribution in [-0.2, 0) is 4.79 Å². The number of urea groups is 1. The number of carboxylic acids is 1. The van der Waals surface area contributed by atoms with Crippen LogP contribution in [-0.4, -0.2) is 23.7 Å². The van der Waals surface area contributed by atoms with Gasteiger partial charge in [0.15, 0.2) is 0 Å². The molecule has 0 aliphatic carbocycles. The van der Waals surface area contributed by atoms with Gasteiger partial charge in [0.25, 0.3) is 0 Å². The van der Waals surface area contributed by atoms with E-state index in [-0.39, 0.29) is 18.5 Å². The summed E-state index contributed by atoms with van der Waals surface area (Å²) in [6.07, 6.45) is 2.60. The Kier molecular flexibility index (Phi) is 7.82. The summed E-state index contributed by atoms with van der Waals surface area (Å²) in [5.41, 5.74) is 0. The number of carbonyl (C=O) groups excluding carboxylic acids is 1. The molecule has 1 rings (SSSR count). The second-order valence-electron chi connectivity index (χ2n) is 5.13. The Morgan fingerprint density at radius 3 is 2.71 bits per heavy atom. The third-order valence-electron chi connectivity index (χ3n) is 3.50. The average molecular weight is 312 g/mol. The van der Waals surface area contributed by atoms with Crippen LogP contribution in [0.25, 0.3) is 0 Å². The van der Waals surface area contributed by atoms with Gasteiger partial charge in [0.1, 0.15) is 0 Å². The largest absolute Gasteiger partial charge is 0.481 e. The van der Waals surface area contributed by atoms with Crippen LogP contribution < -0.4 is 10.6 Å². The molecular weight excluding hydrogens is 288 g/mol. The molecule has 1 aromatic rings. The highest BCUT2D eigenvalue weighted by Crippen LogP contribution is 2.18. The minimum absolute atomic E-state index is 0.000942. The summed E-state index contributed by atoms with van der Waals surface area (Å²) in [5, 5.41) is 16.4. The Balaban J connectivity index is 2.21. The molecule has 0 saturated heterocycles. The van der Waals surface area contributed by atoms with E-state index in [2.05, 4.69) is 10.6 Å². The Bertz CT molecular complexity index is 434. The molecular formula is C15H24N2O3S. The van der Waals surface area contributed by atoms with Crippen LogP contribution in [0.15, 0.2) is 17.5 Å². The second-order valence-corrected chi connectivity index (χ2v) is 6.11. The van der Waals surface area contributed by atoms with Gasteiger partial charge in [-0.25, -0.2) is 4.79 Å². The molecule has 0 bridgehead atoms. The maximum atomic E-state index is 11.8. The van der Waals surface area contributed by atoms with Crippen molar-refractivity contribution in [3.63, 3.8) is 0 Å². The number of nitrogens with one attached hydrogen (secondary N) is 2. The molecule has 6 heteroatoms. The van der Waals surface area contributed by atoms with E-state index in [9.17, 15) is 9.59 Å². The van der Waals surface area contributed by atoms with Gasteiger partial charge >= 0.3 is 12.0 Å². The highest BCUT2D eigenvalue weighted by atomic mass is 32.1. The van der Waals surface area contributed by atoms with Crippen molar-refractivity contribution in [1.82, 2.24) is 10.6 Å². The predicted molar refractivity (Wildman–Crippen MR) is 84.5 cm³/mol. The lowest BCUT2D eigenvalue weighted by atomic mass is 9.97. The van der Waals surface area contributed by atoms with Gasteiger partial charge in [-0.05, 0) is 37.1 Å². The van der Waals surface area contributed by atoms with Crippen molar-refractivity contribution in [3.05, 3.63) is 22.4 Å². The molecule has 5 nitrogen and oxygen atoms in total. The van der Waals surface area contributed by atoms with Crippen molar-refractivity contribution < 1.29 is 14.7 Å². The van der Waals surface area contributed by atoms with Gasteiger partial charge in [-0.2, -0.15) is 0 Å². The zero-order valence-electron chi connectivity index (χ0n) is 12.6. The molecule has 0 aromatic carbocycles. The summed E-state index contributed by atoms with van der Waals surface area (Å²) < 4.78 is 0. The molecule has 2 amide bonds. The van der Waals surface area contributed by atoms with Crippen LogP contribution in [0.5, 0.6) is 0 Å². The van der Waals surface area contributed by atoms with E-state index >= 15 is 0 Å². The fraction of sp³-hybridized carbons (Fsp3) is 0.600. The van der Waals surface area contributed by atoms with Gasteiger partial charge in [0, 0.05) is 17.8 Å². The lowest BCUT2D eigenvalue weighted by Gasteiger charge is -2.16. The van der Waals surface area contributed by atoms with Crippen molar-refractivity contribution in [2.45, 2.75) is 45.6 Å². The lowest BCUT2D eigenvalue weighted by Crippen LogP contribution is -2.37. The number of hydrogen-bond donors (Lipinski definition) is 3. The van der Waals surface area contributed by atoms with Crippen molar-refractivity contribution in [1.29, 1.82) is 0 Å². The summed E-state index contributed by atoms with van der Waals surface area (Å²) in [6, 6.07) is 3.78. The zero-order chi connectivity index (χ0) is 15.7. The number of carboxylic acid groups (broad SMARTS) is 1. The molecule has 21 heavy (non-hydrogen) atoms. The molecule has 1 heterocycles. The smallest absolute Gasteiger partial charge is 0.315 e. The van der Waals surface area contributed by atoms with Crippen molar-refractivity contribution >= 4 is 23.3 Å². The summed E-state index contributed by atoms with van der Waals surface area (Å²) in [5.74, 6) is -0.417. The Hall–Kier alpha value is -1.56. The van der Waals surface area contributed by atoms with E-state index in [1.54, 1.807) is 11.3 Å². The summed E-state index contributed by atoms with van der Waals surface area (Å²) in [4.78, 5) is 23.5. The number of hydrogen-bond acceptors (Lipinski definition) is 3. The highest BCUT2D eigenvalue weighted by molar-refractivity contribution is 7.10. The number of rotatable bonds is 9. The molecule has 0 spiro atoms.